The van der Waals surface area contributed by atoms with Crippen molar-refractivity contribution in [2.45, 2.75) is 26.2 Å². The van der Waals surface area contributed by atoms with E-state index in [1.54, 1.807) is 0 Å². The Balaban J connectivity index is 2.52. The zero-order valence-corrected chi connectivity index (χ0v) is 9.40. The molecular formula is C13H16O3. The zero-order valence-electron chi connectivity index (χ0n) is 9.40. The summed E-state index contributed by atoms with van der Waals surface area (Å²) in [6.45, 7) is 1.51. The summed E-state index contributed by atoms with van der Waals surface area (Å²) in [5, 5.41) is 8.52. The number of rotatable bonds is 6. The number of aliphatic hydroxyl groups excluding tert-OH is 1. The lowest BCUT2D eigenvalue weighted by atomic mass is 10.0. The molecular weight excluding hydrogens is 204 g/mol. The Kier molecular flexibility index (Phi) is 4.86. The lowest BCUT2D eigenvalue weighted by molar-refractivity contribution is -0.128. The summed E-state index contributed by atoms with van der Waals surface area (Å²) < 4.78 is 0. The molecule has 1 aromatic rings. The number of hydrogen-bond acceptors (Lipinski definition) is 3. The van der Waals surface area contributed by atoms with Gasteiger partial charge in [-0.25, -0.2) is 0 Å². The van der Waals surface area contributed by atoms with Crippen molar-refractivity contribution < 1.29 is 14.7 Å². The lowest BCUT2D eigenvalue weighted by Gasteiger charge is -2.01. The van der Waals surface area contributed by atoms with Crippen LogP contribution in [-0.2, 0) is 22.4 Å². The van der Waals surface area contributed by atoms with E-state index in [1.807, 2.05) is 24.3 Å². The highest BCUT2D eigenvalue weighted by molar-refractivity contribution is 6.00. The molecule has 0 aromatic heterocycles. The Hall–Kier alpha value is -1.48. The zero-order chi connectivity index (χ0) is 12.0. The third kappa shape index (κ3) is 3.95. The van der Waals surface area contributed by atoms with Crippen LogP contribution in [0.2, 0.25) is 0 Å². The average molecular weight is 220 g/mol. The molecule has 16 heavy (non-hydrogen) atoms. The number of Topliss-reactive ketones (excluding diaryl/α,β-unsaturated/α-hetero) is 2. The van der Waals surface area contributed by atoms with Crippen molar-refractivity contribution >= 4 is 11.6 Å². The molecule has 1 rings (SSSR count). The monoisotopic (exact) mass is 220 g/mol. The second-order valence-electron chi connectivity index (χ2n) is 3.76. The first-order valence-electron chi connectivity index (χ1n) is 5.37. The molecule has 0 amide bonds. The van der Waals surface area contributed by atoms with Gasteiger partial charge in [-0.2, -0.15) is 0 Å². The highest BCUT2D eigenvalue weighted by Gasteiger charge is 2.09. The van der Waals surface area contributed by atoms with Crippen LogP contribution >= 0.6 is 0 Å². The minimum absolute atomic E-state index is 0.150. The number of carbonyl (C=O) groups excluding carboxylic acids is 2. The topological polar surface area (TPSA) is 54.4 Å². The summed E-state index contributed by atoms with van der Waals surface area (Å²) in [5.41, 5.74) is 2.13. The molecule has 0 aliphatic rings. The van der Waals surface area contributed by atoms with E-state index in [9.17, 15) is 9.59 Å². The number of carbonyl (C=O) groups is 2. The quantitative estimate of drug-likeness (QED) is 0.735. The van der Waals surface area contributed by atoms with Crippen LogP contribution in [0.5, 0.6) is 0 Å². The third-order valence-electron chi connectivity index (χ3n) is 2.40. The Morgan fingerprint density at radius 1 is 1.06 bits per heavy atom. The van der Waals surface area contributed by atoms with E-state index in [4.69, 9.17) is 5.11 Å². The standard InChI is InChI=1S/C13H16O3/c1-2-10-3-5-11(6-4-10)7-12(15)8-13(16)9-14/h3-6,14H,2,7-9H2,1H3. The molecule has 86 valence electrons. The van der Waals surface area contributed by atoms with Gasteiger partial charge in [0.05, 0.1) is 6.42 Å². The van der Waals surface area contributed by atoms with Gasteiger partial charge >= 0.3 is 0 Å². The van der Waals surface area contributed by atoms with Gasteiger partial charge in [0.2, 0.25) is 0 Å². The fourth-order valence-electron chi connectivity index (χ4n) is 1.46. The van der Waals surface area contributed by atoms with E-state index < -0.39 is 12.4 Å². The molecule has 3 heteroatoms. The van der Waals surface area contributed by atoms with E-state index >= 15 is 0 Å². The molecule has 0 bridgehead atoms. The normalized spacial score (nSPS) is 10.1. The van der Waals surface area contributed by atoms with Crippen molar-refractivity contribution in [3.05, 3.63) is 35.4 Å². The van der Waals surface area contributed by atoms with Crippen molar-refractivity contribution in [2.75, 3.05) is 6.61 Å². The molecule has 0 aliphatic carbocycles. The number of ketones is 2. The van der Waals surface area contributed by atoms with Gasteiger partial charge in [0, 0.05) is 6.42 Å². The lowest BCUT2D eigenvalue weighted by Crippen LogP contribution is -2.13. The number of hydrogen-bond donors (Lipinski definition) is 1. The van der Waals surface area contributed by atoms with Crippen LogP contribution in [0.4, 0.5) is 0 Å². The van der Waals surface area contributed by atoms with Crippen LogP contribution in [0.25, 0.3) is 0 Å². The predicted molar refractivity (Wildman–Crippen MR) is 61.2 cm³/mol. The minimum atomic E-state index is -0.555. The summed E-state index contributed by atoms with van der Waals surface area (Å²) in [7, 11) is 0. The van der Waals surface area contributed by atoms with Crippen molar-refractivity contribution in [3.63, 3.8) is 0 Å². The van der Waals surface area contributed by atoms with Gasteiger partial charge in [-0.1, -0.05) is 31.2 Å². The van der Waals surface area contributed by atoms with E-state index in [0.29, 0.717) is 0 Å². The summed E-state index contributed by atoms with van der Waals surface area (Å²) >= 11 is 0. The number of aliphatic hydroxyl groups is 1. The molecule has 0 atom stereocenters. The molecule has 0 heterocycles. The van der Waals surface area contributed by atoms with Gasteiger partial charge in [-0.05, 0) is 17.5 Å². The van der Waals surface area contributed by atoms with Gasteiger partial charge < -0.3 is 5.11 Å². The molecule has 3 nitrogen and oxygen atoms in total. The first-order chi connectivity index (χ1) is 7.65. The summed E-state index contributed by atoms with van der Waals surface area (Å²) in [5.74, 6) is -0.571. The van der Waals surface area contributed by atoms with Crippen LogP contribution in [0.15, 0.2) is 24.3 Å². The van der Waals surface area contributed by atoms with Gasteiger partial charge in [-0.15, -0.1) is 0 Å². The molecule has 0 aliphatic heterocycles. The van der Waals surface area contributed by atoms with Crippen molar-refractivity contribution in [3.8, 4) is 0 Å². The molecule has 1 aromatic carbocycles. The maximum absolute atomic E-state index is 11.4. The van der Waals surface area contributed by atoms with Crippen molar-refractivity contribution in [1.29, 1.82) is 0 Å². The first kappa shape index (κ1) is 12.6. The van der Waals surface area contributed by atoms with E-state index in [1.165, 1.54) is 5.56 Å². The molecule has 0 spiro atoms. The van der Waals surface area contributed by atoms with Crippen molar-refractivity contribution in [1.82, 2.24) is 0 Å². The first-order valence-corrected chi connectivity index (χ1v) is 5.37. The molecule has 1 N–H and O–H groups in total. The van der Waals surface area contributed by atoms with Crippen LogP contribution in [0.3, 0.4) is 0 Å². The number of benzene rings is 1. The Bertz CT molecular complexity index is 365. The maximum Gasteiger partial charge on any atom is 0.165 e. The minimum Gasteiger partial charge on any atom is -0.389 e. The van der Waals surface area contributed by atoms with Gasteiger partial charge in [0.15, 0.2) is 5.78 Å². The van der Waals surface area contributed by atoms with Gasteiger partial charge in [0.25, 0.3) is 0 Å². The van der Waals surface area contributed by atoms with Crippen LogP contribution in [0, 0.1) is 0 Å². The Morgan fingerprint density at radius 2 is 1.62 bits per heavy atom. The van der Waals surface area contributed by atoms with Crippen LogP contribution < -0.4 is 0 Å². The van der Waals surface area contributed by atoms with E-state index in [0.717, 1.165) is 12.0 Å². The predicted octanol–water partition coefficient (Wildman–Crippen LogP) is 1.31. The van der Waals surface area contributed by atoms with Crippen LogP contribution in [-0.4, -0.2) is 23.3 Å². The summed E-state index contributed by atoms with van der Waals surface area (Å²) in [6, 6.07) is 7.77. The van der Waals surface area contributed by atoms with Gasteiger partial charge in [0.1, 0.15) is 12.4 Å². The van der Waals surface area contributed by atoms with Crippen molar-refractivity contribution in [2.24, 2.45) is 0 Å². The van der Waals surface area contributed by atoms with E-state index in [2.05, 4.69) is 6.92 Å². The smallest absolute Gasteiger partial charge is 0.165 e. The fourth-order valence-corrected chi connectivity index (χ4v) is 1.46. The highest BCUT2D eigenvalue weighted by Crippen LogP contribution is 2.07. The van der Waals surface area contributed by atoms with Crippen LogP contribution in [0.1, 0.15) is 24.5 Å². The third-order valence-corrected chi connectivity index (χ3v) is 2.40. The Morgan fingerprint density at radius 3 is 2.12 bits per heavy atom. The molecule has 0 saturated carbocycles. The summed E-state index contributed by atoms with van der Waals surface area (Å²) in [6.07, 6.45) is 1.05. The van der Waals surface area contributed by atoms with Gasteiger partial charge in [-0.3, -0.25) is 9.59 Å². The SMILES string of the molecule is CCc1ccc(CC(=O)CC(=O)CO)cc1. The largest absolute Gasteiger partial charge is 0.389 e. The molecule has 0 unspecified atom stereocenters. The highest BCUT2D eigenvalue weighted by atomic mass is 16.3. The number of aryl methyl sites for hydroxylation is 1. The molecule has 0 radical (unpaired) electrons. The second kappa shape index (κ2) is 6.18. The summed E-state index contributed by atoms with van der Waals surface area (Å²) in [4.78, 5) is 22.2. The second-order valence-corrected chi connectivity index (χ2v) is 3.76. The molecule has 0 saturated heterocycles. The average Bonchev–Trinajstić information content (AvgIpc) is 2.29. The Labute approximate surface area is 95.1 Å². The van der Waals surface area contributed by atoms with E-state index in [-0.39, 0.29) is 18.6 Å². The molecule has 0 fully saturated rings. The maximum atomic E-state index is 11.4. The fraction of sp³-hybridized carbons (Fsp3) is 0.385.